The molecule has 7 nitrogen and oxygen atoms in total. The van der Waals surface area contributed by atoms with E-state index in [9.17, 15) is 9.59 Å². The molecule has 1 fully saturated rings. The summed E-state index contributed by atoms with van der Waals surface area (Å²) in [5, 5.41) is 2.81. The number of nitrogens with zero attached hydrogens (tertiary/aromatic N) is 2. The minimum absolute atomic E-state index is 0.0184. The molecule has 0 atom stereocenters. The lowest BCUT2D eigenvalue weighted by Crippen LogP contribution is -3.15. The molecule has 2 aromatic rings. The highest BCUT2D eigenvalue weighted by atomic mass is 16.5. The second-order valence-electron chi connectivity index (χ2n) is 7.73. The van der Waals surface area contributed by atoms with Crippen LogP contribution in [0.25, 0.3) is 0 Å². The fourth-order valence-corrected chi connectivity index (χ4v) is 3.71. The molecule has 7 heteroatoms. The molecule has 1 aliphatic rings. The number of carbonyl (C=O) groups is 2. The number of ether oxygens (including phenoxy) is 1. The van der Waals surface area contributed by atoms with Gasteiger partial charge in [0.1, 0.15) is 5.75 Å². The van der Waals surface area contributed by atoms with Crippen molar-refractivity contribution < 1.29 is 19.2 Å². The van der Waals surface area contributed by atoms with Gasteiger partial charge >= 0.3 is 0 Å². The Labute approximate surface area is 178 Å². The molecule has 0 unspecified atom stereocenters. The van der Waals surface area contributed by atoms with Crippen LogP contribution in [0.3, 0.4) is 0 Å². The zero-order valence-electron chi connectivity index (χ0n) is 18.0. The molecule has 160 valence electrons. The van der Waals surface area contributed by atoms with E-state index in [0.29, 0.717) is 18.0 Å². The number of hydrogen-bond acceptors (Lipinski definition) is 4. The average molecular weight is 412 g/mol. The Balaban J connectivity index is 1.44. The maximum absolute atomic E-state index is 12.6. The van der Waals surface area contributed by atoms with Crippen molar-refractivity contribution in [2.24, 2.45) is 0 Å². The van der Waals surface area contributed by atoms with E-state index in [0.717, 1.165) is 26.2 Å². The number of aryl methyl sites for hydroxylation is 1. The Morgan fingerprint density at radius 3 is 2.57 bits per heavy atom. The predicted octanol–water partition coefficient (Wildman–Crippen LogP) is 0.806. The number of likely N-dealkylation sites (N-methyl/N-ethyl adjacent to an activating group) is 1. The number of quaternary nitrogens is 1. The predicted molar refractivity (Wildman–Crippen MR) is 118 cm³/mol. The van der Waals surface area contributed by atoms with Gasteiger partial charge in [-0.2, -0.15) is 0 Å². The summed E-state index contributed by atoms with van der Waals surface area (Å²) in [4.78, 5) is 30.0. The number of anilines is 2. The topological polar surface area (TPSA) is 66.3 Å². The fourth-order valence-electron chi connectivity index (χ4n) is 3.71. The maximum Gasteiger partial charge on any atom is 0.277 e. The van der Waals surface area contributed by atoms with Crippen molar-refractivity contribution in [1.29, 1.82) is 0 Å². The Morgan fingerprint density at radius 1 is 1.13 bits per heavy atom. The first-order valence-corrected chi connectivity index (χ1v) is 10.3. The Hall–Kier alpha value is -3.06. The zero-order chi connectivity index (χ0) is 21.5. The first-order valence-electron chi connectivity index (χ1n) is 10.3. The van der Waals surface area contributed by atoms with E-state index in [1.165, 1.54) is 21.1 Å². The number of amides is 2. The molecule has 0 saturated carbocycles. The van der Waals surface area contributed by atoms with Crippen LogP contribution in [0, 0.1) is 6.92 Å². The van der Waals surface area contributed by atoms with Gasteiger partial charge in [-0.1, -0.05) is 24.3 Å². The van der Waals surface area contributed by atoms with E-state index in [4.69, 9.17) is 4.74 Å². The number of para-hydroxylation sites is 1. The van der Waals surface area contributed by atoms with E-state index in [2.05, 4.69) is 41.4 Å². The zero-order valence-corrected chi connectivity index (χ0v) is 18.0. The van der Waals surface area contributed by atoms with Crippen LogP contribution in [-0.4, -0.2) is 70.1 Å². The van der Waals surface area contributed by atoms with E-state index in [-0.39, 0.29) is 18.4 Å². The smallest absolute Gasteiger partial charge is 0.277 e. The van der Waals surface area contributed by atoms with Gasteiger partial charge in [-0.3, -0.25) is 9.59 Å². The highest BCUT2D eigenvalue weighted by Crippen LogP contribution is 2.19. The summed E-state index contributed by atoms with van der Waals surface area (Å²) in [5.74, 6) is 0.430. The minimum Gasteiger partial charge on any atom is -0.497 e. The average Bonchev–Trinajstić information content (AvgIpc) is 2.74. The third-order valence-corrected chi connectivity index (χ3v) is 5.49. The van der Waals surface area contributed by atoms with Crippen molar-refractivity contribution in [2.45, 2.75) is 6.92 Å². The van der Waals surface area contributed by atoms with Gasteiger partial charge < -0.3 is 24.8 Å². The number of methoxy groups -OCH3 is 1. The number of carbonyl (C=O) groups excluding carboxylic acids is 2. The van der Waals surface area contributed by atoms with E-state index in [1.54, 1.807) is 26.3 Å². The van der Waals surface area contributed by atoms with Gasteiger partial charge in [0, 0.05) is 24.5 Å². The molecule has 0 aromatic heterocycles. The standard InChI is InChI=1S/C23H30N4O3/c1-18-7-4-5-10-21(18)27-13-11-26(12-14-27)17-23(29)25(2)16-22(28)24-19-8-6-9-20(15-19)30-3/h4-10,15H,11-14,16-17H2,1-3H3,(H,24,28)/p+1. The number of rotatable bonds is 7. The molecule has 2 N–H and O–H groups in total. The Morgan fingerprint density at radius 2 is 1.87 bits per heavy atom. The van der Waals surface area contributed by atoms with Gasteiger partial charge in [-0.25, -0.2) is 0 Å². The second-order valence-corrected chi connectivity index (χ2v) is 7.73. The van der Waals surface area contributed by atoms with Crippen molar-refractivity contribution in [3.8, 4) is 5.75 Å². The van der Waals surface area contributed by atoms with Crippen LogP contribution in [0.1, 0.15) is 5.56 Å². The summed E-state index contributed by atoms with van der Waals surface area (Å²) in [6.07, 6.45) is 0. The third-order valence-electron chi connectivity index (χ3n) is 5.49. The molecule has 2 aromatic carbocycles. The van der Waals surface area contributed by atoms with Gasteiger partial charge in [0.05, 0.1) is 39.8 Å². The minimum atomic E-state index is -0.224. The van der Waals surface area contributed by atoms with Crippen LogP contribution in [-0.2, 0) is 9.59 Å². The molecule has 1 aliphatic heterocycles. The van der Waals surface area contributed by atoms with Crippen LogP contribution in [0.15, 0.2) is 48.5 Å². The summed E-state index contributed by atoms with van der Waals surface area (Å²) < 4.78 is 5.16. The highest BCUT2D eigenvalue weighted by Gasteiger charge is 2.25. The lowest BCUT2D eigenvalue weighted by Gasteiger charge is -2.34. The lowest BCUT2D eigenvalue weighted by molar-refractivity contribution is -0.892. The van der Waals surface area contributed by atoms with Crippen LogP contribution in [0.2, 0.25) is 0 Å². The molecule has 0 radical (unpaired) electrons. The quantitative estimate of drug-likeness (QED) is 0.708. The van der Waals surface area contributed by atoms with Crippen molar-refractivity contribution in [3.05, 3.63) is 54.1 Å². The van der Waals surface area contributed by atoms with Crippen LogP contribution < -0.4 is 19.9 Å². The summed E-state index contributed by atoms with van der Waals surface area (Å²) in [6.45, 7) is 6.22. The first kappa shape index (κ1) is 21.6. The van der Waals surface area contributed by atoms with E-state index < -0.39 is 0 Å². The lowest BCUT2D eigenvalue weighted by atomic mass is 10.1. The molecule has 0 bridgehead atoms. The molecular formula is C23H31N4O3+. The number of nitrogens with one attached hydrogen (secondary N) is 2. The summed E-state index contributed by atoms with van der Waals surface area (Å²) >= 11 is 0. The van der Waals surface area contributed by atoms with Crippen molar-refractivity contribution in [1.82, 2.24) is 4.90 Å². The van der Waals surface area contributed by atoms with Gasteiger partial charge in [0.25, 0.3) is 5.91 Å². The molecule has 30 heavy (non-hydrogen) atoms. The molecule has 1 heterocycles. The summed E-state index contributed by atoms with van der Waals surface area (Å²) in [5.41, 5.74) is 3.20. The van der Waals surface area contributed by atoms with E-state index >= 15 is 0 Å². The van der Waals surface area contributed by atoms with Gasteiger partial charge in [0.2, 0.25) is 5.91 Å². The molecule has 3 rings (SSSR count). The first-order chi connectivity index (χ1) is 14.5. The largest absolute Gasteiger partial charge is 0.497 e. The molecule has 0 spiro atoms. The van der Waals surface area contributed by atoms with Crippen molar-refractivity contribution >= 4 is 23.2 Å². The SMILES string of the molecule is COc1cccc(NC(=O)CN(C)C(=O)C[NH+]2CCN(c3ccccc3C)CC2)c1. The number of benzene rings is 2. The molecule has 2 amide bonds. The molecule has 1 saturated heterocycles. The van der Waals surface area contributed by atoms with Crippen molar-refractivity contribution in [3.63, 3.8) is 0 Å². The molecular weight excluding hydrogens is 380 g/mol. The third kappa shape index (κ3) is 5.73. The summed E-state index contributed by atoms with van der Waals surface area (Å²) in [6, 6.07) is 15.6. The van der Waals surface area contributed by atoms with Crippen LogP contribution in [0.5, 0.6) is 5.75 Å². The second kappa shape index (κ2) is 10.1. The van der Waals surface area contributed by atoms with Crippen LogP contribution >= 0.6 is 0 Å². The van der Waals surface area contributed by atoms with Crippen LogP contribution in [0.4, 0.5) is 11.4 Å². The van der Waals surface area contributed by atoms with E-state index in [1.807, 2.05) is 12.1 Å². The molecule has 0 aliphatic carbocycles. The number of hydrogen-bond donors (Lipinski definition) is 2. The summed E-state index contributed by atoms with van der Waals surface area (Å²) in [7, 11) is 3.26. The fraction of sp³-hybridized carbons (Fsp3) is 0.391. The van der Waals surface area contributed by atoms with Gasteiger partial charge in [0.15, 0.2) is 6.54 Å². The van der Waals surface area contributed by atoms with Crippen molar-refractivity contribution in [2.75, 3.05) is 63.6 Å². The number of piperazine rings is 1. The van der Waals surface area contributed by atoms with Gasteiger partial charge in [-0.05, 0) is 30.7 Å². The highest BCUT2D eigenvalue weighted by molar-refractivity contribution is 5.94. The Bertz CT molecular complexity index is 878. The normalized spacial score (nSPS) is 14.3. The Kier molecular flexibility index (Phi) is 7.30. The van der Waals surface area contributed by atoms with Gasteiger partial charge in [-0.15, -0.1) is 0 Å². The monoisotopic (exact) mass is 411 g/mol. The maximum atomic E-state index is 12.6.